The SMILES string of the molecule is CC(C)(C)OC(=O)Nc1cc(-c2cccc(Cl)c2)cnc1C(=O)N1CCC(OC2CCN(CC(=O)N3CCN(C(=O)c4cc(Cc5n[nH]c(=O)c6ccccc56)ccc4F)CC3)CC2)CC1. The average Bonchev–Trinajstić information content (AvgIpc) is 3.30. The van der Waals surface area contributed by atoms with Crippen LogP contribution in [0.3, 0.4) is 0 Å². The number of aromatic nitrogens is 3. The summed E-state index contributed by atoms with van der Waals surface area (Å²) in [6.45, 7) is 9.19. The summed E-state index contributed by atoms with van der Waals surface area (Å²) >= 11 is 6.24. The van der Waals surface area contributed by atoms with Gasteiger partial charge in [0.2, 0.25) is 5.91 Å². The van der Waals surface area contributed by atoms with Gasteiger partial charge < -0.3 is 24.2 Å². The second-order valence-corrected chi connectivity index (χ2v) is 18.5. The van der Waals surface area contributed by atoms with E-state index < -0.39 is 23.4 Å². The van der Waals surface area contributed by atoms with Crippen molar-refractivity contribution < 1.29 is 33.0 Å². The zero-order valence-electron chi connectivity index (χ0n) is 37.4. The van der Waals surface area contributed by atoms with Crippen LogP contribution < -0.4 is 10.9 Å². The van der Waals surface area contributed by atoms with Crippen LogP contribution >= 0.6 is 11.6 Å². The lowest BCUT2D eigenvalue weighted by Crippen LogP contribution is -2.53. The molecule has 3 fully saturated rings. The summed E-state index contributed by atoms with van der Waals surface area (Å²) in [4.78, 5) is 77.7. The van der Waals surface area contributed by atoms with Crippen LogP contribution in [0.15, 0.2) is 83.8 Å². The molecular formula is C49H54ClFN8O7. The Balaban J connectivity index is 0.780. The molecule has 3 aliphatic rings. The summed E-state index contributed by atoms with van der Waals surface area (Å²) in [6, 6.07) is 20.5. The highest BCUT2D eigenvalue weighted by Gasteiger charge is 2.32. The van der Waals surface area contributed by atoms with Gasteiger partial charge in [-0.3, -0.25) is 29.4 Å². The van der Waals surface area contributed by atoms with E-state index in [0.717, 1.165) is 18.4 Å². The van der Waals surface area contributed by atoms with E-state index in [2.05, 4.69) is 25.4 Å². The number of pyridine rings is 1. The summed E-state index contributed by atoms with van der Waals surface area (Å²) < 4.78 is 27.1. The standard InChI is InChI=1S/C49H54ClFN8O7/c1-49(2,3)66-48(64)53-42-28-33(32-7-6-8-34(50)27-32)29-52-44(42)47(63)58-19-15-36(16-20-58)65-35-13-17-56(18-14-35)30-43(60)57-21-23-59(24-22-57)46(62)39-25-31(11-12-40(39)51)26-41-37-9-4-5-10-38(37)45(61)55-54-41/h4-12,25,27-29,35-36H,13-24,26,30H2,1-3H3,(H,53,64)(H,55,61). The van der Waals surface area contributed by atoms with Crippen molar-refractivity contribution in [3.8, 4) is 11.1 Å². The lowest BCUT2D eigenvalue weighted by molar-refractivity contribution is -0.135. The van der Waals surface area contributed by atoms with E-state index in [1.807, 2.05) is 24.3 Å². The molecule has 2 aromatic heterocycles. The molecule has 3 saturated heterocycles. The van der Waals surface area contributed by atoms with Gasteiger partial charge in [-0.25, -0.2) is 19.3 Å². The Bertz CT molecular complexity index is 2670. The van der Waals surface area contributed by atoms with E-state index >= 15 is 4.39 Å². The van der Waals surface area contributed by atoms with Crippen LogP contribution in [0.25, 0.3) is 21.9 Å². The number of ether oxygens (including phenoxy) is 2. The van der Waals surface area contributed by atoms with Gasteiger partial charge in [0.15, 0.2) is 5.69 Å². The van der Waals surface area contributed by atoms with E-state index in [0.29, 0.717) is 91.1 Å². The van der Waals surface area contributed by atoms with E-state index in [1.54, 1.807) is 84.1 Å². The van der Waals surface area contributed by atoms with Crippen molar-refractivity contribution in [1.82, 2.24) is 34.8 Å². The predicted molar refractivity (Wildman–Crippen MR) is 248 cm³/mol. The monoisotopic (exact) mass is 920 g/mol. The van der Waals surface area contributed by atoms with Crippen LogP contribution in [0, 0.1) is 5.82 Å². The second-order valence-electron chi connectivity index (χ2n) is 18.1. The first-order chi connectivity index (χ1) is 31.7. The Morgan fingerprint density at radius 2 is 1.45 bits per heavy atom. The number of nitrogens with one attached hydrogen (secondary N) is 2. The van der Waals surface area contributed by atoms with Crippen LogP contribution in [0.4, 0.5) is 14.9 Å². The van der Waals surface area contributed by atoms with Crippen molar-refractivity contribution in [3.63, 3.8) is 0 Å². The molecule has 0 radical (unpaired) electrons. The minimum atomic E-state index is -0.741. The molecule has 0 bridgehead atoms. The third kappa shape index (κ3) is 11.2. The van der Waals surface area contributed by atoms with E-state index in [9.17, 15) is 24.0 Å². The lowest BCUT2D eigenvalue weighted by Gasteiger charge is -2.38. The molecule has 0 saturated carbocycles. The first-order valence-electron chi connectivity index (χ1n) is 22.4. The van der Waals surface area contributed by atoms with Gasteiger partial charge in [0.25, 0.3) is 17.4 Å². The number of piperazine rings is 1. The fourth-order valence-corrected chi connectivity index (χ4v) is 8.95. The van der Waals surface area contributed by atoms with Crippen LogP contribution in [-0.2, 0) is 20.7 Å². The number of carbonyl (C=O) groups excluding carboxylic acids is 4. The zero-order valence-corrected chi connectivity index (χ0v) is 38.1. The molecule has 346 valence electrons. The third-order valence-corrected chi connectivity index (χ3v) is 12.5. The number of hydrogen-bond acceptors (Lipinski definition) is 10. The minimum absolute atomic E-state index is 0.00893. The van der Waals surface area contributed by atoms with E-state index in [-0.39, 0.29) is 66.2 Å². The average molecular weight is 921 g/mol. The molecule has 66 heavy (non-hydrogen) atoms. The highest BCUT2D eigenvalue weighted by atomic mass is 35.5. The van der Waals surface area contributed by atoms with Crippen molar-refractivity contribution in [1.29, 1.82) is 0 Å². The fourth-order valence-electron chi connectivity index (χ4n) is 8.76. The molecule has 5 heterocycles. The number of likely N-dealkylation sites (tertiary alicyclic amines) is 2. The molecule has 0 atom stereocenters. The Morgan fingerprint density at radius 3 is 2.15 bits per heavy atom. The Morgan fingerprint density at radius 1 is 0.788 bits per heavy atom. The number of rotatable bonds is 10. The maximum absolute atomic E-state index is 15.1. The Hall–Kier alpha value is -6.23. The summed E-state index contributed by atoms with van der Waals surface area (Å²) in [6.07, 6.45) is 4.07. The molecular weight excluding hydrogens is 867 g/mol. The van der Waals surface area contributed by atoms with Gasteiger partial charge in [0.05, 0.1) is 41.1 Å². The molecule has 0 spiro atoms. The molecule has 8 rings (SSSR count). The van der Waals surface area contributed by atoms with E-state index in [1.165, 1.54) is 6.07 Å². The summed E-state index contributed by atoms with van der Waals surface area (Å²) in [5, 5.41) is 11.2. The van der Waals surface area contributed by atoms with Crippen molar-refractivity contribution in [2.75, 3.05) is 64.2 Å². The third-order valence-electron chi connectivity index (χ3n) is 12.2. The number of nitrogens with zero attached hydrogens (tertiary/aromatic N) is 6. The van der Waals surface area contributed by atoms with Crippen LogP contribution in [0.1, 0.15) is 78.6 Å². The second kappa shape index (κ2) is 20.1. The van der Waals surface area contributed by atoms with E-state index in [4.69, 9.17) is 21.1 Å². The summed E-state index contributed by atoms with van der Waals surface area (Å²) in [5.74, 6) is -1.36. The highest BCUT2D eigenvalue weighted by Crippen LogP contribution is 2.29. The maximum Gasteiger partial charge on any atom is 0.412 e. The first kappa shape index (κ1) is 46.3. The van der Waals surface area contributed by atoms with Gasteiger partial charge in [0.1, 0.15) is 11.4 Å². The Labute approximate surface area is 387 Å². The topological polar surface area (TPSA) is 170 Å². The number of benzene rings is 3. The summed E-state index contributed by atoms with van der Waals surface area (Å²) in [7, 11) is 0. The highest BCUT2D eigenvalue weighted by molar-refractivity contribution is 6.30. The predicted octanol–water partition coefficient (Wildman–Crippen LogP) is 6.79. The van der Waals surface area contributed by atoms with Crippen molar-refractivity contribution in [2.45, 2.75) is 70.7 Å². The number of carbonyl (C=O) groups is 4. The number of amides is 4. The van der Waals surface area contributed by atoms with Gasteiger partial charge in [0, 0.05) is 80.9 Å². The smallest absolute Gasteiger partial charge is 0.412 e. The first-order valence-corrected chi connectivity index (χ1v) is 22.8. The molecule has 15 nitrogen and oxygen atoms in total. The Kier molecular flexibility index (Phi) is 14.1. The molecule has 0 unspecified atom stereocenters. The van der Waals surface area contributed by atoms with Crippen molar-refractivity contribution >= 4 is 51.9 Å². The maximum atomic E-state index is 15.1. The quantitative estimate of drug-likeness (QED) is 0.152. The van der Waals surface area contributed by atoms with Gasteiger partial charge in [-0.1, -0.05) is 48.0 Å². The number of H-pyrrole nitrogens is 1. The van der Waals surface area contributed by atoms with Gasteiger partial charge in [-0.2, -0.15) is 5.10 Å². The van der Waals surface area contributed by atoms with Crippen molar-refractivity contribution in [3.05, 3.63) is 123 Å². The number of fused-ring (bicyclic) bond motifs is 1. The van der Waals surface area contributed by atoms with Crippen molar-refractivity contribution in [2.24, 2.45) is 0 Å². The number of hydrogen-bond donors (Lipinski definition) is 2. The van der Waals surface area contributed by atoms with Gasteiger partial charge >= 0.3 is 6.09 Å². The van der Waals surface area contributed by atoms with Gasteiger partial charge in [-0.15, -0.1) is 0 Å². The number of halogens is 2. The molecule has 4 amide bonds. The van der Waals surface area contributed by atoms with Crippen LogP contribution in [0.5, 0.6) is 0 Å². The molecule has 2 N–H and O–H groups in total. The molecule has 3 aromatic carbocycles. The van der Waals surface area contributed by atoms with Gasteiger partial charge in [-0.05, 0) is 94.0 Å². The molecule has 5 aromatic rings. The molecule has 17 heteroatoms. The zero-order chi connectivity index (χ0) is 46.5. The molecule has 3 aliphatic heterocycles. The number of piperidine rings is 2. The minimum Gasteiger partial charge on any atom is -0.444 e. The lowest BCUT2D eigenvalue weighted by atomic mass is 10.0. The van der Waals surface area contributed by atoms with Crippen LogP contribution in [-0.4, -0.2) is 135 Å². The number of aromatic amines is 1. The summed E-state index contributed by atoms with van der Waals surface area (Å²) in [5.41, 5.74) is 2.06. The molecule has 0 aliphatic carbocycles. The number of anilines is 1. The largest absolute Gasteiger partial charge is 0.444 e. The normalized spacial score (nSPS) is 16.7. The fraction of sp³-hybridized carbons (Fsp3) is 0.408. The van der Waals surface area contributed by atoms with Crippen LogP contribution in [0.2, 0.25) is 5.02 Å².